The largest absolute Gasteiger partial charge is 0.506 e. The van der Waals surface area contributed by atoms with Gasteiger partial charge in [0, 0.05) is 5.56 Å². The number of phenolic OH excluding ortho intramolecular Hbond substituents is 1. The van der Waals surface area contributed by atoms with Crippen molar-refractivity contribution in [2.75, 3.05) is 5.33 Å². The van der Waals surface area contributed by atoms with Crippen molar-refractivity contribution in [2.45, 2.75) is 0 Å². The number of phenols is 1. The molecule has 1 heterocycles. The fourth-order valence-corrected chi connectivity index (χ4v) is 2.72. The molecule has 0 aliphatic rings. The molecule has 0 spiro atoms. The van der Waals surface area contributed by atoms with Crippen molar-refractivity contribution in [3.05, 3.63) is 22.2 Å². The average molecular weight is 307 g/mol. The number of alkyl halides is 1. The molecule has 0 bridgehead atoms. The molecular formula is C9H5BrClNO2S. The predicted molar refractivity (Wildman–Crippen MR) is 64.4 cm³/mol. The summed E-state index contributed by atoms with van der Waals surface area (Å²) in [5, 5.41) is 9.76. The summed E-state index contributed by atoms with van der Waals surface area (Å²) in [4.78, 5) is 15.5. The highest BCUT2D eigenvalue weighted by molar-refractivity contribution is 9.09. The highest BCUT2D eigenvalue weighted by Gasteiger charge is 2.15. The number of benzene rings is 1. The zero-order valence-corrected chi connectivity index (χ0v) is 10.5. The highest BCUT2D eigenvalue weighted by Crippen LogP contribution is 2.34. The summed E-state index contributed by atoms with van der Waals surface area (Å²) < 4.78 is 0.944. The average Bonchev–Trinajstić information content (AvgIpc) is 2.60. The third-order valence-corrected chi connectivity index (χ3v) is 3.62. The smallest absolute Gasteiger partial charge is 0.184 e. The minimum atomic E-state index is -0.0553. The van der Waals surface area contributed by atoms with E-state index < -0.39 is 0 Å². The highest BCUT2D eigenvalue weighted by atomic mass is 79.9. The van der Waals surface area contributed by atoms with E-state index in [1.807, 2.05) is 0 Å². The molecule has 15 heavy (non-hydrogen) atoms. The maximum atomic E-state index is 11.6. The Bertz CT molecular complexity index is 540. The summed E-state index contributed by atoms with van der Waals surface area (Å²) in [7, 11) is 0. The molecule has 0 atom stereocenters. The van der Waals surface area contributed by atoms with Crippen LogP contribution in [-0.4, -0.2) is 21.2 Å². The lowest BCUT2D eigenvalue weighted by atomic mass is 10.1. The summed E-state index contributed by atoms with van der Waals surface area (Å²) >= 11 is 10.0. The first-order valence-electron chi connectivity index (χ1n) is 4.00. The first-order valence-corrected chi connectivity index (χ1v) is 6.32. The van der Waals surface area contributed by atoms with Gasteiger partial charge in [0.25, 0.3) is 0 Å². The molecule has 0 unspecified atom stereocenters. The molecule has 0 fully saturated rings. The molecule has 0 saturated heterocycles. The molecule has 6 heteroatoms. The number of halogens is 2. The van der Waals surface area contributed by atoms with Crippen molar-refractivity contribution in [3.63, 3.8) is 0 Å². The summed E-state index contributed by atoms with van der Waals surface area (Å²) in [6.07, 6.45) is 0. The molecule has 0 saturated carbocycles. The number of aromatic nitrogens is 1. The number of thiazole rings is 1. The van der Waals surface area contributed by atoms with Crippen LogP contribution in [0.4, 0.5) is 0 Å². The fourth-order valence-electron chi connectivity index (χ4n) is 1.26. The number of hydrogen-bond donors (Lipinski definition) is 1. The lowest BCUT2D eigenvalue weighted by molar-refractivity contribution is 0.102. The number of rotatable bonds is 2. The second-order valence-electron chi connectivity index (χ2n) is 2.83. The van der Waals surface area contributed by atoms with Crippen LogP contribution in [0.2, 0.25) is 4.47 Å². The minimum absolute atomic E-state index is 0.0410. The van der Waals surface area contributed by atoms with Gasteiger partial charge < -0.3 is 5.11 Å². The lowest BCUT2D eigenvalue weighted by Gasteiger charge is -1.99. The number of Topliss-reactive ketones (excluding diaryl/α,β-unsaturated/α-hetero) is 1. The summed E-state index contributed by atoms with van der Waals surface area (Å²) in [6.45, 7) is 0. The van der Waals surface area contributed by atoms with Crippen LogP contribution in [0.1, 0.15) is 10.4 Å². The Labute approximate surface area is 103 Å². The van der Waals surface area contributed by atoms with Crippen LogP contribution >= 0.6 is 38.9 Å². The molecule has 3 nitrogen and oxygen atoms in total. The normalized spacial score (nSPS) is 10.8. The first kappa shape index (κ1) is 10.9. The van der Waals surface area contributed by atoms with E-state index in [-0.39, 0.29) is 16.9 Å². The van der Waals surface area contributed by atoms with E-state index in [1.165, 1.54) is 17.4 Å². The van der Waals surface area contributed by atoms with Crippen molar-refractivity contribution >= 4 is 54.9 Å². The quantitative estimate of drug-likeness (QED) is 0.684. The van der Waals surface area contributed by atoms with Gasteiger partial charge in [0.05, 0.1) is 10.0 Å². The van der Waals surface area contributed by atoms with Gasteiger partial charge in [-0.15, -0.1) is 11.3 Å². The Morgan fingerprint density at radius 3 is 3.00 bits per heavy atom. The molecule has 2 aromatic rings. The first-order chi connectivity index (χ1) is 7.13. The van der Waals surface area contributed by atoms with E-state index in [4.69, 9.17) is 11.6 Å². The number of carbonyl (C=O) groups excluding carboxylic acids is 1. The van der Waals surface area contributed by atoms with E-state index in [0.29, 0.717) is 20.2 Å². The number of carbonyl (C=O) groups is 1. The van der Waals surface area contributed by atoms with Gasteiger partial charge >= 0.3 is 0 Å². The van der Waals surface area contributed by atoms with Crippen LogP contribution in [0.5, 0.6) is 5.75 Å². The molecule has 1 aromatic carbocycles. The Hall–Kier alpha value is -0.650. The number of ketones is 1. The maximum absolute atomic E-state index is 11.6. The zero-order valence-electron chi connectivity index (χ0n) is 7.33. The summed E-state index contributed by atoms with van der Waals surface area (Å²) in [5.74, 6) is -0.0143. The monoisotopic (exact) mass is 305 g/mol. The van der Waals surface area contributed by atoms with Crippen LogP contribution in [0, 0.1) is 0 Å². The van der Waals surface area contributed by atoms with Crippen LogP contribution in [-0.2, 0) is 0 Å². The van der Waals surface area contributed by atoms with Gasteiger partial charge in [0.15, 0.2) is 10.3 Å². The van der Waals surface area contributed by atoms with Crippen LogP contribution < -0.4 is 0 Å². The second kappa shape index (κ2) is 4.08. The molecule has 78 valence electrons. The molecule has 0 amide bonds. The summed E-state index contributed by atoms with van der Waals surface area (Å²) in [6, 6.07) is 3.03. The van der Waals surface area contributed by atoms with E-state index in [9.17, 15) is 9.90 Å². The Morgan fingerprint density at radius 2 is 2.33 bits per heavy atom. The topological polar surface area (TPSA) is 50.2 Å². The fraction of sp³-hybridized carbons (Fsp3) is 0.111. The molecule has 0 aliphatic carbocycles. The summed E-state index contributed by atoms with van der Waals surface area (Å²) in [5.41, 5.74) is 0.917. The maximum Gasteiger partial charge on any atom is 0.184 e. The van der Waals surface area contributed by atoms with E-state index in [1.54, 1.807) is 6.07 Å². The third kappa shape index (κ3) is 1.87. The van der Waals surface area contributed by atoms with Gasteiger partial charge in [0.1, 0.15) is 11.3 Å². The number of fused-ring (bicyclic) bond motifs is 1. The van der Waals surface area contributed by atoms with Gasteiger partial charge in [-0.1, -0.05) is 27.5 Å². The minimum Gasteiger partial charge on any atom is -0.506 e. The van der Waals surface area contributed by atoms with Gasteiger partial charge in [-0.25, -0.2) is 4.98 Å². The predicted octanol–water partition coefficient (Wildman–Crippen LogP) is 3.23. The molecule has 2 rings (SSSR count). The van der Waals surface area contributed by atoms with Gasteiger partial charge in [-0.05, 0) is 12.1 Å². The van der Waals surface area contributed by atoms with Crippen molar-refractivity contribution in [1.82, 2.24) is 4.98 Å². The van der Waals surface area contributed by atoms with E-state index >= 15 is 0 Å². The third-order valence-electron chi connectivity index (χ3n) is 1.92. The van der Waals surface area contributed by atoms with E-state index in [0.717, 1.165) is 0 Å². The molecule has 0 aliphatic heterocycles. The standard InChI is InChI=1S/C9H5BrClNO2S/c10-3-6(14)4-1-2-5(13)7-8(4)15-9(11)12-7/h1-2,13H,3H2. The lowest BCUT2D eigenvalue weighted by Crippen LogP contribution is -1.99. The van der Waals surface area contributed by atoms with Gasteiger partial charge in [-0.3, -0.25) is 4.79 Å². The molecule has 1 N–H and O–H groups in total. The Kier molecular flexibility index (Phi) is 2.95. The molecular weight excluding hydrogens is 302 g/mol. The Morgan fingerprint density at radius 1 is 1.60 bits per heavy atom. The van der Waals surface area contributed by atoms with Gasteiger partial charge in [0.2, 0.25) is 0 Å². The van der Waals surface area contributed by atoms with Crippen molar-refractivity contribution < 1.29 is 9.90 Å². The second-order valence-corrected chi connectivity index (χ2v) is 4.98. The van der Waals surface area contributed by atoms with Crippen LogP contribution in [0.15, 0.2) is 12.1 Å². The molecule has 0 radical (unpaired) electrons. The SMILES string of the molecule is O=C(CBr)c1ccc(O)c2nc(Cl)sc12. The van der Waals surface area contributed by atoms with Gasteiger partial charge in [-0.2, -0.15) is 0 Å². The van der Waals surface area contributed by atoms with Crippen molar-refractivity contribution in [3.8, 4) is 5.75 Å². The number of hydrogen-bond acceptors (Lipinski definition) is 4. The van der Waals surface area contributed by atoms with E-state index in [2.05, 4.69) is 20.9 Å². The number of aromatic hydroxyl groups is 1. The van der Waals surface area contributed by atoms with Crippen molar-refractivity contribution in [2.24, 2.45) is 0 Å². The van der Waals surface area contributed by atoms with Crippen LogP contribution in [0.25, 0.3) is 10.2 Å². The molecule has 1 aromatic heterocycles. The zero-order chi connectivity index (χ0) is 11.0. The number of nitrogens with zero attached hydrogens (tertiary/aromatic N) is 1. The van der Waals surface area contributed by atoms with Crippen LogP contribution in [0.3, 0.4) is 0 Å². The Balaban J connectivity index is 2.76. The van der Waals surface area contributed by atoms with Crippen molar-refractivity contribution in [1.29, 1.82) is 0 Å².